The Balaban J connectivity index is 1.19. The van der Waals surface area contributed by atoms with Crippen molar-refractivity contribution in [3.05, 3.63) is 58.3 Å². The van der Waals surface area contributed by atoms with E-state index in [0.29, 0.717) is 30.6 Å². The zero-order valence-electron chi connectivity index (χ0n) is 19.1. The number of amides is 1. The summed E-state index contributed by atoms with van der Waals surface area (Å²) in [5.74, 6) is 0.992. The number of likely N-dealkylation sites (tertiary alicyclic amines) is 1. The standard InChI is InChI=1S/C25H32N6O2/c1-17-12-28-24(29-14-21-3-2-10-30(21)15-18-4-5-18)25(33)31(17)16-23(32)27-13-19-6-7-22-20(11-19)8-9-26-22/h6-9,11-12,18,21,26H,2-5,10,13-16H2,1H3,(H,27,32)(H,28,29)/t21-/m1/s1. The maximum atomic E-state index is 13.0. The third-order valence-electron chi connectivity index (χ3n) is 6.86. The molecule has 1 amide bonds. The van der Waals surface area contributed by atoms with Crippen molar-refractivity contribution in [2.45, 2.75) is 51.7 Å². The summed E-state index contributed by atoms with van der Waals surface area (Å²) in [6.07, 6.45) is 8.62. The molecule has 2 aromatic heterocycles. The number of fused-ring (bicyclic) bond motifs is 1. The van der Waals surface area contributed by atoms with E-state index < -0.39 is 0 Å². The first-order valence-corrected chi connectivity index (χ1v) is 11.9. The molecule has 0 spiro atoms. The van der Waals surface area contributed by atoms with E-state index in [1.807, 2.05) is 30.5 Å². The van der Waals surface area contributed by atoms with Crippen molar-refractivity contribution < 1.29 is 4.79 Å². The minimum atomic E-state index is -0.245. The molecular formula is C25H32N6O2. The number of rotatable bonds is 9. The number of carbonyl (C=O) groups is 1. The van der Waals surface area contributed by atoms with E-state index in [4.69, 9.17) is 0 Å². The monoisotopic (exact) mass is 448 g/mol. The number of H-pyrrole nitrogens is 1. The molecule has 1 aliphatic heterocycles. The van der Waals surface area contributed by atoms with Crippen LogP contribution in [0.5, 0.6) is 0 Å². The molecule has 8 nitrogen and oxygen atoms in total. The average Bonchev–Trinajstić information content (AvgIpc) is 3.31. The van der Waals surface area contributed by atoms with Crippen molar-refractivity contribution in [2.75, 3.05) is 25.0 Å². The van der Waals surface area contributed by atoms with Gasteiger partial charge in [-0.15, -0.1) is 0 Å². The quantitative estimate of drug-likeness (QED) is 0.468. The number of aromatic amines is 1. The predicted octanol–water partition coefficient (Wildman–Crippen LogP) is 2.64. The van der Waals surface area contributed by atoms with Crippen LogP contribution in [0.15, 0.2) is 41.5 Å². The molecular weight excluding hydrogens is 416 g/mol. The number of nitrogens with one attached hydrogen (secondary N) is 3. The summed E-state index contributed by atoms with van der Waals surface area (Å²) in [6, 6.07) is 8.49. The summed E-state index contributed by atoms with van der Waals surface area (Å²) >= 11 is 0. The molecule has 3 heterocycles. The molecule has 1 saturated carbocycles. The van der Waals surface area contributed by atoms with E-state index in [0.717, 1.165) is 35.3 Å². The van der Waals surface area contributed by atoms with Crippen LogP contribution in [0.1, 0.15) is 36.9 Å². The molecule has 1 aromatic carbocycles. The highest BCUT2D eigenvalue weighted by Gasteiger charge is 2.31. The minimum absolute atomic E-state index is 0.0223. The summed E-state index contributed by atoms with van der Waals surface area (Å²) in [6.45, 7) is 5.24. The van der Waals surface area contributed by atoms with Crippen molar-refractivity contribution in [3.8, 4) is 0 Å². The van der Waals surface area contributed by atoms with Gasteiger partial charge in [0.1, 0.15) is 6.54 Å². The molecule has 2 aliphatic rings. The van der Waals surface area contributed by atoms with Crippen LogP contribution in [0.25, 0.3) is 10.9 Å². The van der Waals surface area contributed by atoms with Crippen molar-refractivity contribution in [1.29, 1.82) is 0 Å². The molecule has 5 rings (SSSR count). The van der Waals surface area contributed by atoms with Crippen molar-refractivity contribution in [3.63, 3.8) is 0 Å². The normalized spacial score (nSPS) is 18.6. The van der Waals surface area contributed by atoms with E-state index >= 15 is 0 Å². The largest absolute Gasteiger partial charge is 0.364 e. The van der Waals surface area contributed by atoms with Gasteiger partial charge in [-0.3, -0.25) is 19.1 Å². The number of carbonyl (C=O) groups excluding carboxylic acids is 1. The van der Waals surface area contributed by atoms with Gasteiger partial charge in [-0.05, 0) is 74.2 Å². The Kier molecular flexibility index (Phi) is 6.17. The van der Waals surface area contributed by atoms with Crippen molar-refractivity contribution >= 4 is 22.6 Å². The number of anilines is 1. The summed E-state index contributed by atoms with van der Waals surface area (Å²) in [5, 5.41) is 7.31. The van der Waals surface area contributed by atoms with Crippen LogP contribution >= 0.6 is 0 Å². The third-order valence-corrected chi connectivity index (χ3v) is 6.86. The van der Waals surface area contributed by atoms with Gasteiger partial charge in [-0.2, -0.15) is 0 Å². The van der Waals surface area contributed by atoms with Crippen molar-refractivity contribution in [2.24, 2.45) is 5.92 Å². The van der Waals surface area contributed by atoms with Crippen LogP contribution in [0.4, 0.5) is 5.82 Å². The first kappa shape index (κ1) is 21.7. The summed E-state index contributed by atoms with van der Waals surface area (Å²) in [5.41, 5.74) is 2.51. The lowest BCUT2D eigenvalue weighted by Gasteiger charge is -2.24. The van der Waals surface area contributed by atoms with E-state index in [2.05, 4.69) is 25.5 Å². The number of hydrogen-bond donors (Lipinski definition) is 3. The Hall–Kier alpha value is -3.13. The van der Waals surface area contributed by atoms with Crippen LogP contribution < -0.4 is 16.2 Å². The van der Waals surface area contributed by atoms with Gasteiger partial charge < -0.3 is 15.6 Å². The fourth-order valence-electron chi connectivity index (χ4n) is 4.71. The molecule has 1 atom stereocenters. The van der Waals surface area contributed by atoms with Gasteiger partial charge in [0.25, 0.3) is 5.56 Å². The SMILES string of the molecule is Cc1cnc(NC[C@H]2CCCN2CC2CC2)c(=O)n1CC(=O)NCc1ccc2[nH]ccc2c1. The molecule has 33 heavy (non-hydrogen) atoms. The number of nitrogens with zero attached hydrogens (tertiary/aromatic N) is 3. The molecule has 0 unspecified atom stereocenters. The summed E-state index contributed by atoms with van der Waals surface area (Å²) in [7, 11) is 0. The lowest BCUT2D eigenvalue weighted by Crippen LogP contribution is -2.38. The van der Waals surface area contributed by atoms with E-state index in [-0.39, 0.29) is 18.0 Å². The van der Waals surface area contributed by atoms with Gasteiger partial charge in [0.2, 0.25) is 5.91 Å². The topological polar surface area (TPSA) is 95.1 Å². The van der Waals surface area contributed by atoms with Crippen LogP contribution in [0.3, 0.4) is 0 Å². The Bertz CT molecular complexity index is 1200. The van der Waals surface area contributed by atoms with Gasteiger partial charge >= 0.3 is 0 Å². The first-order valence-electron chi connectivity index (χ1n) is 11.9. The Morgan fingerprint density at radius 2 is 2.12 bits per heavy atom. The number of aromatic nitrogens is 3. The third kappa shape index (κ3) is 5.11. The number of hydrogen-bond acceptors (Lipinski definition) is 5. The zero-order valence-corrected chi connectivity index (χ0v) is 19.1. The van der Waals surface area contributed by atoms with Crippen molar-refractivity contribution in [1.82, 2.24) is 24.8 Å². The Morgan fingerprint density at radius 3 is 2.97 bits per heavy atom. The van der Waals surface area contributed by atoms with Gasteiger partial charge in [0, 0.05) is 49.3 Å². The molecule has 3 N–H and O–H groups in total. The number of benzene rings is 1. The van der Waals surface area contributed by atoms with Gasteiger partial charge in [0.05, 0.1) is 0 Å². The fraction of sp³-hybridized carbons (Fsp3) is 0.480. The second-order valence-electron chi connectivity index (χ2n) is 9.43. The first-order chi connectivity index (χ1) is 16.1. The molecule has 3 aromatic rings. The summed E-state index contributed by atoms with van der Waals surface area (Å²) < 4.78 is 1.50. The van der Waals surface area contributed by atoms with Gasteiger partial charge in [0.15, 0.2) is 5.82 Å². The van der Waals surface area contributed by atoms with Gasteiger partial charge in [-0.25, -0.2) is 4.98 Å². The molecule has 174 valence electrons. The Morgan fingerprint density at radius 1 is 1.24 bits per heavy atom. The molecule has 0 radical (unpaired) electrons. The molecule has 1 aliphatic carbocycles. The minimum Gasteiger partial charge on any atom is -0.364 e. The summed E-state index contributed by atoms with van der Waals surface area (Å²) in [4.78, 5) is 35.7. The van der Waals surface area contributed by atoms with Crippen LogP contribution in [-0.2, 0) is 17.9 Å². The highest BCUT2D eigenvalue weighted by atomic mass is 16.2. The van der Waals surface area contributed by atoms with Crippen LogP contribution in [0.2, 0.25) is 0 Å². The average molecular weight is 449 g/mol. The fourth-order valence-corrected chi connectivity index (χ4v) is 4.71. The maximum Gasteiger partial charge on any atom is 0.293 e. The van der Waals surface area contributed by atoms with E-state index in [9.17, 15) is 9.59 Å². The lowest BCUT2D eigenvalue weighted by molar-refractivity contribution is -0.121. The van der Waals surface area contributed by atoms with Gasteiger partial charge in [-0.1, -0.05) is 6.07 Å². The molecule has 8 heteroatoms. The highest BCUT2D eigenvalue weighted by molar-refractivity contribution is 5.80. The van der Waals surface area contributed by atoms with Crippen LogP contribution in [0, 0.1) is 12.8 Å². The molecule has 0 bridgehead atoms. The van der Waals surface area contributed by atoms with Crippen LogP contribution in [-0.4, -0.2) is 51.0 Å². The number of aryl methyl sites for hydroxylation is 1. The lowest BCUT2D eigenvalue weighted by atomic mass is 10.1. The molecule has 2 fully saturated rings. The zero-order chi connectivity index (χ0) is 22.8. The highest BCUT2D eigenvalue weighted by Crippen LogP contribution is 2.32. The second kappa shape index (κ2) is 9.39. The van der Waals surface area contributed by atoms with E-state index in [1.165, 1.54) is 30.4 Å². The second-order valence-corrected chi connectivity index (χ2v) is 9.43. The smallest absolute Gasteiger partial charge is 0.293 e. The maximum absolute atomic E-state index is 13.0. The Labute approximate surface area is 193 Å². The van der Waals surface area contributed by atoms with E-state index in [1.54, 1.807) is 13.1 Å². The predicted molar refractivity (Wildman–Crippen MR) is 129 cm³/mol. The molecule has 1 saturated heterocycles.